The van der Waals surface area contributed by atoms with Gasteiger partial charge in [0.15, 0.2) is 0 Å². The molecule has 1 amide bonds. The number of anilines is 1. The highest BCUT2D eigenvalue weighted by Crippen LogP contribution is 2.26. The zero-order valence-electron chi connectivity index (χ0n) is 15.7. The number of primary amides is 1. The van der Waals surface area contributed by atoms with Crippen LogP contribution in [0.4, 0.5) is 5.69 Å². The van der Waals surface area contributed by atoms with Gasteiger partial charge in [0, 0.05) is 13.1 Å². The molecule has 0 saturated heterocycles. The standard InChI is InChI=1S/C21H29N3O2/c1-15-10-16(2)12-17(11-15)4-3-8-24-19-13-18(14-21(23)25)5-6-20(19)26-9-7-22/h5-6,10-13,24H,3-4,7-9,14,22H2,1-2H3,(H2,23,25). The summed E-state index contributed by atoms with van der Waals surface area (Å²) in [6, 6.07) is 12.3. The second kappa shape index (κ2) is 9.82. The number of hydrogen-bond donors (Lipinski definition) is 3. The lowest BCUT2D eigenvalue weighted by molar-refractivity contribution is -0.117. The fraction of sp³-hybridized carbons (Fsp3) is 0.381. The van der Waals surface area contributed by atoms with E-state index in [-0.39, 0.29) is 12.3 Å². The average molecular weight is 355 g/mol. The summed E-state index contributed by atoms with van der Waals surface area (Å²) < 4.78 is 5.69. The summed E-state index contributed by atoms with van der Waals surface area (Å²) in [7, 11) is 0. The third kappa shape index (κ3) is 6.41. The first-order chi connectivity index (χ1) is 12.5. The van der Waals surface area contributed by atoms with E-state index in [0.717, 1.165) is 36.4 Å². The Labute approximate surface area is 155 Å². The highest BCUT2D eigenvalue weighted by Gasteiger charge is 2.07. The number of aryl methyl sites for hydroxylation is 3. The molecule has 0 bridgehead atoms. The van der Waals surface area contributed by atoms with Gasteiger partial charge < -0.3 is 21.5 Å². The third-order valence-electron chi connectivity index (χ3n) is 4.04. The quantitative estimate of drug-likeness (QED) is 0.572. The van der Waals surface area contributed by atoms with E-state index in [4.69, 9.17) is 16.2 Å². The van der Waals surface area contributed by atoms with Crippen molar-refractivity contribution in [3.63, 3.8) is 0 Å². The summed E-state index contributed by atoms with van der Waals surface area (Å²) in [6.45, 7) is 5.97. The first-order valence-electron chi connectivity index (χ1n) is 9.03. The molecule has 0 saturated carbocycles. The molecule has 0 aromatic heterocycles. The molecule has 140 valence electrons. The number of ether oxygens (including phenoxy) is 1. The summed E-state index contributed by atoms with van der Waals surface area (Å²) in [5, 5.41) is 3.42. The van der Waals surface area contributed by atoms with Gasteiger partial charge in [-0.3, -0.25) is 4.79 Å². The summed E-state index contributed by atoms with van der Waals surface area (Å²) in [5.41, 5.74) is 16.5. The highest BCUT2D eigenvalue weighted by molar-refractivity contribution is 5.77. The maximum atomic E-state index is 11.2. The van der Waals surface area contributed by atoms with E-state index in [1.807, 2.05) is 18.2 Å². The number of rotatable bonds is 10. The second-order valence-corrected chi connectivity index (χ2v) is 6.64. The predicted molar refractivity (Wildman–Crippen MR) is 107 cm³/mol. The number of benzene rings is 2. The van der Waals surface area contributed by atoms with Crippen molar-refractivity contribution in [3.05, 3.63) is 58.7 Å². The molecule has 5 N–H and O–H groups in total. The number of nitrogens with one attached hydrogen (secondary N) is 1. The lowest BCUT2D eigenvalue weighted by Gasteiger charge is -2.14. The monoisotopic (exact) mass is 355 g/mol. The summed E-state index contributed by atoms with van der Waals surface area (Å²) in [5.74, 6) is 0.400. The van der Waals surface area contributed by atoms with Crippen molar-refractivity contribution in [2.45, 2.75) is 33.1 Å². The van der Waals surface area contributed by atoms with Crippen LogP contribution in [0.3, 0.4) is 0 Å². The Bertz CT molecular complexity index is 724. The number of nitrogens with two attached hydrogens (primary N) is 2. The fourth-order valence-corrected chi connectivity index (χ4v) is 3.05. The van der Waals surface area contributed by atoms with Crippen LogP contribution >= 0.6 is 0 Å². The summed E-state index contributed by atoms with van der Waals surface area (Å²) in [4.78, 5) is 11.2. The van der Waals surface area contributed by atoms with E-state index < -0.39 is 0 Å². The minimum atomic E-state index is -0.346. The van der Waals surface area contributed by atoms with Crippen molar-refractivity contribution < 1.29 is 9.53 Å². The van der Waals surface area contributed by atoms with Crippen molar-refractivity contribution in [2.75, 3.05) is 25.0 Å². The molecule has 0 spiro atoms. The topological polar surface area (TPSA) is 90.4 Å². The van der Waals surface area contributed by atoms with Crippen LogP contribution in [0.1, 0.15) is 28.7 Å². The molecule has 0 fully saturated rings. The Morgan fingerprint density at radius 1 is 1.08 bits per heavy atom. The number of carbonyl (C=O) groups excluding carboxylic acids is 1. The van der Waals surface area contributed by atoms with E-state index in [2.05, 4.69) is 37.4 Å². The molecule has 5 nitrogen and oxygen atoms in total. The first-order valence-corrected chi connectivity index (χ1v) is 9.03. The molecule has 0 aliphatic carbocycles. The van der Waals surface area contributed by atoms with Crippen LogP contribution in [0.25, 0.3) is 0 Å². The second-order valence-electron chi connectivity index (χ2n) is 6.64. The van der Waals surface area contributed by atoms with Gasteiger partial charge in [0.25, 0.3) is 0 Å². The molecule has 0 heterocycles. The van der Waals surface area contributed by atoms with Gasteiger partial charge in [-0.15, -0.1) is 0 Å². The number of amides is 1. The molecule has 2 aromatic carbocycles. The molecule has 0 radical (unpaired) electrons. The van der Waals surface area contributed by atoms with Crippen LogP contribution in [0, 0.1) is 13.8 Å². The molecule has 0 unspecified atom stereocenters. The van der Waals surface area contributed by atoms with Crippen LogP contribution < -0.4 is 21.5 Å². The molecule has 0 atom stereocenters. The Morgan fingerprint density at radius 3 is 2.46 bits per heavy atom. The molecule has 5 heteroatoms. The van der Waals surface area contributed by atoms with E-state index in [9.17, 15) is 4.79 Å². The maximum Gasteiger partial charge on any atom is 0.221 e. The minimum absolute atomic E-state index is 0.217. The summed E-state index contributed by atoms with van der Waals surface area (Å²) in [6.07, 6.45) is 2.23. The van der Waals surface area contributed by atoms with Crippen molar-refractivity contribution in [2.24, 2.45) is 11.5 Å². The fourth-order valence-electron chi connectivity index (χ4n) is 3.05. The molecule has 2 aromatic rings. The Morgan fingerprint density at radius 2 is 1.81 bits per heavy atom. The van der Waals surface area contributed by atoms with Crippen molar-refractivity contribution in [3.8, 4) is 5.75 Å². The van der Waals surface area contributed by atoms with Gasteiger partial charge in [0.2, 0.25) is 5.91 Å². The molecule has 2 rings (SSSR count). The molecule has 0 aliphatic rings. The lowest BCUT2D eigenvalue weighted by atomic mass is 10.0. The Kier molecular flexibility index (Phi) is 7.48. The van der Waals surface area contributed by atoms with Crippen LogP contribution in [0.2, 0.25) is 0 Å². The van der Waals surface area contributed by atoms with Crippen LogP contribution in [0.15, 0.2) is 36.4 Å². The zero-order chi connectivity index (χ0) is 18.9. The minimum Gasteiger partial charge on any atom is -0.490 e. The largest absolute Gasteiger partial charge is 0.490 e. The third-order valence-corrected chi connectivity index (χ3v) is 4.04. The maximum absolute atomic E-state index is 11.2. The molecule has 26 heavy (non-hydrogen) atoms. The molecular weight excluding hydrogens is 326 g/mol. The Balaban J connectivity index is 1.97. The van der Waals surface area contributed by atoms with Gasteiger partial charge in [-0.05, 0) is 49.9 Å². The van der Waals surface area contributed by atoms with E-state index >= 15 is 0 Å². The highest BCUT2D eigenvalue weighted by atomic mass is 16.5. The van der Waals surface area contributed by atoms with Gasteiger partial charge in [-0.2, -0.15) is 0 Å². The van der Waals surface area contributed by atoms with Crippen molar-refractivity contribution >= 4 is 11.6 Å². The van der Waals surface area contributed by atoms with Gasteiger partial charge in [-0.25, -0.2) is 0 Å². The number of carbonyl (C=O) groups is 1. The van der Waals surface area contributed by atoms with Gasteiger partial charge >= 0.3 is 0 Å². The predicted octanol–water partition coefficient (Wildman–Crippen LogP) is 2.71. The molecule has 0 aliphatic heterocycles. The zero-order valence-corrected chi connectivity index (χ0v) is 15.7. The van der Waals surface area contributed by atoms with E-state index in [1.165, 1.54) is 16.7 Å². The first kappa shape index (κ1) is 19.8. The normalized spacial score (nSPS) is 10.6. The Hall–Kier alpha value is -2.53. The van der Waals surface area contributed by atoms with Gasteiger partial charge in [0.1, 0.15) is 12.4 Å². The van der Waals surface area contributed by atoms with Crippen LogP contribution in [-0.4, -0.2) is 25.6 Å². The molecular formula is C21H29N3O2. The van der Waals surface area contributed by atoms with Crippen LogP contribution in [-0.2, 0) is 17.6 Å². The van der Waals surface area contributed by atoms with Crippen molar-refractivity contribution in [1.82, 2.24) is 0 Å². The van der Waals surface area contributed by atoms with Crippen LogP contribution in [0.5, 0.6) is 5.75 Å². The average Bonchev–Trinajstić information content (AvgIpc) is 2.56. The van der Waals surface area contributed by atoms with Gasteiger partial charge in [-0.1, -0.05) is 35.4 Å². The van der Waals surface area contributed by atoms with E-state index in [1.54, 1.807) is 0 Å². The van der Waals surface area contributed by atoms with E-state index in [0.29, 0.717) is 13.2 Å². The van der Waals surface area contributed by atoms with Gasteiger partial charge in [0.05, 0.1) is 12.1 Å². The summed E-state index contributed by atoms with van der Waals surface area (Å²) >= 11 is 0. The van der Waals surface area contributed by atoms with Crippen molar-refractivity contribution in [1.29, 1.82) is 0 Å². The smallest absolute Gasteiger partial charge is 0.221 e. The SMILES string of the molecule is Cc1cc(C)cc(CCCNc2cc(CC(N)=O)ccc2OCCN)c1. The number of hydrogen-bond acceptors (Lipinski definition) is 4. The lowest BCUT2D eigenvalue weighted by Crippen LogP contribution is -2.15.